The van der Waals surface area contributed by atoms with Gasteiger partial charge in [0.2, 0.25) is 0 Å². The molecule has 3 heterocycles. The summed E-state index contributed by atoms with van der Waals surface area (Å²) in [6, 6.07) is 3.60. The first-order valence-corrected chi connectivity index (χ1v) is 7.84. The number of nitrogens with zero attached hydrogens (tertiary/aromatic N) is 3. The molecular weight excluding hydrogens is 280 g/mol. The van der Waals surface area contributed by atoms with Crippen molar-refractivity contribution in [3.63, 3.8) is 0 Å². The Kier molecular flexibility index (Phi) is 4.06. The third kappa shape index (κ3) is 2.94. The van der Waals surface area contributed by atoms with Crippen LogP contribution in [0.4, 0.5) is 5.82 Å². The van der Waals surface area contributed by atoms with Crippen LogP contribution in [0, 0.1) is 6.92 Å². The lowest BCUT2D eigenvalue weighted by Crippen LogP contribution is -2.57. The fraction of sp³-hybridized carbons (Fsp3) is 0.625. The molecule has 0 radical (unpaired) electrons. The minimum atomic E-state index is -0.425. The summed E-state index contributed by atoms with van der Waals surface area (Å²) in [5, 5.41) is 0. The highest BCUT2D eigenvalue weighted by molar-refractivity contribution is 5.97. The summed E-state index contributed by atoms with van der Waals surface area (Å²) in [4.78, 5) is 20.8. The molecule has 1 amide bonds. The lowest BCUT2D eigenvalue weighted by Gasteiger charge is -2.47. The molecule has 1 aromatic rings. The number of likely N-dealkylation sites (tertiary alicyclic amines) is 1. The second-order valence-electron chi connectivity index (χ2n) is 6.44. The number of morpholine rings is 1. The standard InChI is InChI=1S/C16H24N4O2/c1-12-3-4-13(14(17)21)15(18-12)20-9-10-22-16(11-20)5-7-19(2)8-6-16/h3-4H,5-11H2,1-2H3,(H2,17,21). The first-order chi connectivity index (χ1) is 10.5. The Labute approximate surface area is 131 Å². The van der Waals surface area contributed by atoms with Crippen LogP contribution in [0.5, 0.6) is 0 Å². The van der Waals surface area contributed by atoms with E-state index in [1.165, 1.54) is 0 Å². The molecule has 1 aromatic heterocycles. The molecule has 0 saturated carbocycles. The third-order valence-corrected chi connectivity index (χ3v) is 4.73. The van der Waals surface area contributed by atoms with Crippen molar-refractivity contribution in [1.82, 2.24) is 9.88 Å². The highest BCUT2D eigenvalue weighted by atomic mass is 16.5. The molecule has 22 heavy (non-hydrogen) atoms. The Morgan fingerprint density at radius 3 is 2.73 bits per heavy atom. The van der Waals surface area contributed by atoms with Crippen molar-refractivity contribution >= 4 is 11.7 Å². The fourth-order valence-electron chi connectivity index (χ4n) is 3.33. The lowest BCUT2D eigenvalue weighted by molar-refractivity contribution is -0.0885. The minimum absolute atomic E-state index is 0.120. The van der Waals surface area contributed by atoms with Gasteiger partial charge in [-0.2, -0.15) is 0 Å². The molecule has 2 aliphatic heterocycles. The SMILES string of the molecule is Cc1ccc(C(N)=O)c(N2CCOC3(CCN(C)CC3)C2)n1. The van der Waals surface area contributed by atoms with Gasteiger partial charge in [0.05, 0.1) is 17.8 Å². The first-order valence-electron chi connectivity index (χ1n) is 7.84. The van der Waals surface area contributed by atoms with Crippen LogP contribution in [0.25, 0.3) is 0 Å². The van der Waals surface area contributed by atoms with Crippen molar-refractivity contribution in [3.8, 4) is 0 Å². The summed E-state index contributed by atoms with van der Waals surface area (Å²) in [6.07, 6.45) is 2.02. The second-order valence-corrected chi connectivity index (χ2v) is 6.44. The van der Waals surface area contributed by atoms with Gasteiger partial charge in [-0.1, -0.05) is 0 Å². The molecule has 0 aliphatic carbocycles. The van der Waals surface area contributed by atoms with Crippen LogP contribution >= 0.6 is 0 Å². The number of anilines is 1. The number of aryl methyl sites for hydroxylation is 1. The highest BCUT2D eigenvalue weighted by Gasteiger charge is 2.40. The zero-order valence-electron chi connectivity index (χ0n) is 13.3. The van der Waals surface area contributed by atoms with Crippen LogP contribution in [0.3, 0.4) is 0 Å². The topological polar surface area (TPSA) is 71.7 Å². The molecule has 2 saturated heterocycles. The molecule has 2 aliphatic rings. The van der Waals surface area contributed by atoms with E-state index in [4.69, 9.17) is 10.5 Å². The van der Waals surface area contributed by atoms with E-state index in [0.29, 0.717) is 18.0 Å². The molecule has 2 N–H and O–H groups in total. The van der Waals surface area contributed by atoms with Crippen molar-refractivity contribution in [1.29, 1.82) is 0 Å². The highest BCUT2D eigenvalue weighted by Crippen LogP contribution is 2.32. The van der Waals surface area contributed by atoms with E-state index in [2.05, 4.69) is 21.8 Å². The third-order valence-electron chi connectivity index (χ3n) is 4.73. The van der Waals surface area contributed by atoms with Crippen molar-refractivity contribution in [2.45, 2.75) is 25.4 Å². The molecular formula is C16H24N4O2. The molecule has 0 atom stereocenters. The van der Waals surface area contributed by atoms with Gasteiger partial charge < -0.3 is 20.3 Å². The van der Waals surface area contributed by atoms with Crippen molar-refractivity contribution in [2.24, 2.45) is 5.73 Å². The Balaban J connectivity index is 1.86. The molecule has 0 bridgehead atoms. The molecule has 0 aromatic carbocycles. The number of primary amides is 1. The summed E-state index contributed by atoms with van der Waals surface area (Å²) in [5.41, 5.74) is 6.78. The number of ether oxygens (including phenoxy) is 1. The summed E-state index contributed by atoms with van der Waals surface area (Å²) < 4.78 is 6.12. The molecule has 120 valence electrons. The van der Waals surface area contributed by atoms with E-state index in [0.717, 1.165) is 44.7 Å². The number of piperidine rings is 1. The zero-order chi connectivity index (χ0) is 15.7. The van der Waals surface area contributed by atoms with Gasteiger partial charge in [-0.3, -0.25) is 4.79 Å². The Morgan fingerprint density at radius 1 is 1.32 bits per heavy atom. The van der Waals surface area contributed by atoms with Gasteiger partial charge in [-0.25, -0.2) is 4.98 Å². The number of pyridine rings is 1. The largest absolute Gasteiger partial charge is 0.371 e. The van der Waals surface area contributed by atoms with Crippen molar-refractivity contribution in [2.75, 3.05) is 44.7 Å². The summed E-state index contributed by atoms with van der Waals surface area (Å²) in [7, 11) is 2.14. The Bertz CT molecular complexity index is 567. The van der Waals surface area contributed by atoms with Gasteiger partial charge in [-0.05, 0) is 38.9 Å². The van der Waals surface area contributed by atoms with E-state index < -0.39 is 5.91 Å². The summed E-state index contributed by atoms with van der Waals surface area (Å²) in [6.45, 7) is 6.19. The molecule has 6 heteroatoms. The predicted octanol–water partition coefficient (Wildman–Crippen LogP) is 0.790. The Morgan fingerprint density at radius 2 is 2.05 bits per heavy atom. The van der Waals surface area contributed by atoms with Gasteiger partial charge in [0.15, 0.2) is 0 Å². The van der Waals surface area contributed by atoms with E-state index in [9.17, 15) is 4.79 Å². The average Bonchev–Trinajstić information content (AvgIpc) is 2.50. The number of nitrogens with two attached hydrogens (primary N) is 1. The molecule has 1 spiro atoms. The van der Waals surface area contributed by atoms with E-state index in [1.807, 2.05) is 13.0 Å². The molecule has 3 rings (SSSR count). The van der Waals surface area contributed by atoms with Gasteiger partial charge in [0.25, 0.3) is 5.91 Å². The van der Waals surface area contributed by atoms with Gasteiger partial charge in [0.1, 0.15) is 5.82 Å². The maximum absolute atomic E-state index is 11.7. The summed E-state index contributed by atoms with van der Waals surface area (Å²) in [5.74, 6) is 0.278. The lowest BCUT2D eigenvalue weighted by atomic mass is 9.89. The number of aromatic nitrogens is 1. The molecule has 2 fully saturated rings. The first kappa shape index (κ1) is 15.2. The summed E-state index contributed by atoms with van der Waals surface area (Å²) >= 11 is 0. The maximum Gasteiger partial charge on any atom is 0.252 e. The van der Waals surface area contributed by atoms with E-state index >= 15 is 0 Å². The monoisotopic (exact) mass is 304 g/mol. The van der Waals surface area contributed by atoms with Crippen LogP contribution in [0.15, 0.2) is 12.1 Å². The van der Waals surface area contributed by atoms with Crippen molar-refractivity contribution < 1.29 is 9.53 Å². The number of hydrogen-bond acceptors (Lipinski definition) is 5. The van der Waals surface area contributed by atoms with E-state index in [1.54, 1.807) is 6.07 Å². The van der Waals surface area contributed by atoms with Gasteiger partial charge in [-0.15, -0.1) is 0 Å². The normalized spacial score (nSPS) is 22.0. The quantitative estimate of drug-likeness (QED) is 0.874. The van der Waals surface area contributed by atoms with Gasteiger partial charge in [0, 0.05) is 31.9 Å². The van der Waals surface area contributed by atoms with Gasteiger partial charge >= 0.3 is 0 Å². The fourth-order valence-corrected chi connectivity index (χ4v) is 3.33. The second kappa shape index (κ2) is 5.85. The van der Waals surface area contributed by atoms with E-state index in [-0.39, 0.29) is 5.60 Å². The van der Waals surface area contributed by atoms with Crippen LogP contribution in [-0.2, 0) is 4.74 Å². The minimum Gasteiger partial charge on any atom is -0.371 e. The van der Waals surface area contributed by atoms with Crippen LogP contribution < -0.4 is 10.6 Å². The molecule has 6 nitrogen and oxygen atoms in total. The number of carbonyl (C=O) groups excluding carboxylic acids is 1. The number of rotatable bonds is 2. The number of carbonyl (C=O) groups is 1. The zero-order valence-corrected chi connectivity index (χ0v) is 13.3. The average molecular weight is 304 g/mol. The number of amides is 1. The van der Waals surface area contributed by atoms with Crippen LogP contribution in [-0.4, -0.2) is 61.2 Å². The predicted molar refractivity (Wildman–Crippen MR) is 85.1 cm³/mol. The van der Waals surface area contributed by atoms with Crippen LogP contribution in [0.1, 0.15) is 28.9 Å². The number of hydrogen-bond donors (Lipinski definition) is 1. The van der Waals surface area contributed by atoms with Crippen molar-refractivity contribution in [3.05, 3.63) is 23.4 Å². The molecule has 0 unspecified atom stereocenters. The van der Waals surface area contributed by atoms with Crippen LogP contribution in [0.2, 0.25) is 0 Å². The smallest absolute Gasteiger partial charge is 0.252 e. The maximum atomic E-state index is 11.7. The Hall–Kier alpha value is -1.66.